The molecule has 0 aliphatic heterocycles. The molecule has 1 aliphatic rings. The van der Waals surface area contributed by atoms with Crippen molar-refractivity contribution in [2.75, 3.05) is 0 Å². The number of ether oxygens (including phenoxy) is 1. The molecular formula is C10H8F3O. The summed E-state index contributed by atoms with van der Waals surface area (Å²) in [6.45, 7) is 0. The van der Waals surface area contributed by atoms with Gasteiger partial charge in [0.05, 0.1) is 0 Å². The summed E-state index contributed by atoms with van der Waals surface area (Å²) in [5.74, 6) is 0.227. The molecule has 0 spiro atoms. The summed E-state index contributed by atoms with van der Waals surface area (Å²) >= 11 is 0. The van der Waals surface area contributed by atoms with Gasteiger partial charge in [-0.15, -0.1) is 13.2 Å². The number of alkyl halides is 3. The van der Waals surface area contributed by atoms with Crippen LogP contribution < -0.4 is 4.74 Å². The van der Waals surface area contributed by atoms with Crippen LogP contribution in [0, 0.1) is 6.07 Å². The highest BCUT2D eigenvalue weighted by molar-refractivity contribution is 5.32. The second-order valence-corrected chi connectivity index (χ2v) is 3.30. The van der Waals surface area contributed by atoms with E-state index in [4.69, 9.17) is 0 Å². The highest BCUT2D eigenvalue weighted by Crippen LogP contribution is 2.41. The Kier molecular flexibility index (Phi) is 2.13. The second-order valence-electron chi connectivity index (χ2n) is 3.30. The first-order valence-electron chi connectivity index (χ1n) is 4.32. The van der Waals surface area contributed by atoms with E-state index < -0.39 is 6.36 Å². The Bertz CT molecular complexity index is 328. The van der Waals surface area contributed by atoms with Crippen LogP contribution in [0.3, 0.4) is 0 Å². The fraction of sp³-hybridized carbons (Fsp3) is 0.400. The molecular weight excluding hydrogens is 193 g/mol. The molecule has 1 aromatic rings. The Morgan fingerprint density at radius 2 is 2.07 bits per heavy atom. The largest absolute Gasteiger partial charge is 0.573 e. The van der Waals surface area contributed by atoms with E-state index in [2.05, 4.69) is 10.8 Å². The van der Waals surface area contributed by atoms with Gasteiger partial charge in [0.15, 0.2) is 0 Å². The molecule has 0 unspecified atom stereocenters. The topological polar surface area (TPSA) is 9.23 Å². The average Bonchev–Trinajstić information content (AvgIpc) is 2.83. The lowest BCUT2D eigenvalue weighted by Gasteiger charge is -2.09. The van der Waals surface area contributed by atoms with Gasteiger partial charge in [-0.2, -0.15) is 0 Å². The Morgan fingerprint density at radius 1 is 1.36 bits per heavy atom. The van der Waals surface area contributed by atoms with Gasteiger partial charge in [0.1, 0.15) is 5.75 Å². The molecule has 75 valence electrons. The molecule has 1 saturated carbocycles. The molecule has 0 saturated heterocycles. The normalized spacial score (nSPS) is 16.8. The highest BCUT2D eigenvalue weighted by atomic mass is 19.4. The molecule has 1 nitrogen and oxygen atoms in total. The van der Waals surface area contributed by atoms with Crippen LogP contribution in [0.4, 0.5) is 13.2 Å². The first-order valence-corrected chi connectivity index (χ1v) is 4.32. The first-order chi connectivity index (χ1) is 6.54. The monoisotopic (exact) mass is 201 g/mol. The van der Waals surface area contributed by atoms with Crippen molar-refractivity contribution < 1.29 is 17.9 Å². The average molecular weight is 201 g/mol. The van der Waals surface area contributed by atoms with Crippen LogP contribution in [-0.4, -0.2) is 6.36 Å². The molecule has 4 heteroatoms. The molecule has 1 radical (unpaired) electrons. The first kappa shape index (κ1) is 9.37. The maximum atomic E-state index is 11.9. The Morgan fingerprint density at radius 3 is 2.64 bits per heavy atom. The summed E-state index contributed by atoms with van der Waals surface area (Å²) in [5, 5.41) is 0. The van der Waals surface area contributed by atoms with E-state index in [0.29, 0.717) is 5.92 Å². The van der Waals surface area contributed by atoms with Gasteiger partial charge in [-0.05, 0) is 42.5 Å². The maximum absolute atomic E-state index is 11.9. The molecule has 0 bridgehead atoms. The lowest BCUT2D eigenvalue weighted by Crippen LogP contribution is -2.17. The summed E-state index contributed by atoms with van der Waals surface area (Å²) in [5.41, 5.74) is 0.812. The van der Waals surface area contributed by atoms with Crippen LogP contribution in [0.5, 0.6) is 5.75 Å². The van der Waals surface area contributed by atoms with E-state index in [0.717, 1.165) is 18.4 Å². The fourth-order valence-electron chi connectivity index (χ4n) is 1.29. The lowest BCUT2D eigenvalue weighted by molar-refractivity contribution is -0.274. The summed E-state index contributed by atoms with van der Waals surface area (Å²) in [6, 6.07) is 7.05. The molecule has 0 aromatic heterocycles. The molecule has 1 aliphatic carbocycles. The van der Waals surface area contributed by atoms with Crippen LogP contribution >= 0.6 is 0 Å². The molecule has 2 rings (SSSR count). The van der Waals surface area contributed by atoms with Crippen LogP contribution in [0.15, 0.2) is 18.2 Å². The third-order valence-corrected chi connectivity index (χ3v) is 2.05. The van der Waals surface area contributed by atoms with Gasteiger partial charge in [0.25, 0.3) is 0 Å². The standard InChI is InChI=1S/C10H8F3O/c11-10(12,13)14-9-3-1-2-8(6-9)7-4-5-7/h1,3,6-7H,4-5H2. The minimum absolute atomic E-state index is 0.154. The summed E-state index contributed by atoms with van der Waals surface area (Å²) in [6.07, 6.45) is -2.54. The number of rotatable bonds is 2. The lowest BCUT2D eigenvalue weighted by atomic mass is 10.1. The molecule has 14 heavy (non-hydrogen) atoms. The Labute approximate surface area is 79.5 Å². The zero-order valence-corrected chi connectivity index (χ0v) is 7.27. The Balaban J connectivity index is 2.13. The van der Waals surface area contributed by atoms with Gasteiger partial charge in [0.2, 0.25) is 0 Å². The van der Waals surface area contributed by atoms with Gasteiger partial charge < -0.3 is 4.74 Å². The zero-order chi connectivity index (χ0) is 10.2. The Hall–Kier alpha value is -1.19. The van der Waals surface area contributed by atoms with Crippen LogP contribution in [0.2, 0.25) is 0 Å². The van der Waals surface area contributed by atoms with Gasteiger partial charge >= 0.3 is 6.36 Å². The SMILES string of the molecule is FC(F)(F)Oc1cc[c]c(C2CC2)c1. The van der Waals surface area contributed by atoms with Crippen molar-refractivity contribution >= 4 is 0 Å². The van der Waals surface area contributed by atoms with E-state index in [1.54, 1.807) is 0 Å². The highest BCUT2D eigenvalue weighted by Gasteiger charge is 2.31. The van der Waals surface area contributed by atoms with Crippen LogP contribution in [0.25, 0.3) is 0 Å². The van der Waals surface area contributed by atoms with Crippen molar-refractivity contribution in [3.8, 4) is 5.75 Å². The summed E-state index contributed by atoms with van der Waals surface area (Å²) in [7, 11) is 0. The second kappa shape index (κ2) is 3.19. The molecule has 0 atom stereocenters. The van der Waals surface area contributed by atoms with E-state index in [1.807, 2.05) is 0 Å². The molecule has 1 aromatic carbocycles. The number of benzene rings is 1. The zero-order valence-electron chi connectivity index (χ0n) is 7.27. The predicted molar refractivity (Wildman–Crippen MR) is 43.9 cm³/mol. The number of hydrogen-bond donors (Lipinski definition) is 0. The van der Waals surface area contributed by atoms with Crippen LogP contribution in [-0.2, 0) is 0 Å². The molecule has 0 N–H and O–H groups in total. The molecule has 1 fully saturated rings. The minimum atomic E-state index is -4.61. The summed E-state index contributed by atoms with van der Waals surface area (Å²) < 4.78 is 39.4. The quantitative estimate of drug-likeness (QED) is 0.713. The third kappa shape index (κ3) is 2.40. The van der Waals surface area contributed by atoms with Gasteiger partial charge in [0, 0.05) is 0 Å². The fourth-order valence-corrected chi connectivity index (χ4v) is 1.29. The minimum Gasteiger partial charge on any atom is -0.406 e. The van der Waals surface area contributed by atoms with E-state index in [1.165, 1.54) is 18.2 Å². The molecule has 0 heterocycles. The van der Waals surface area contributed by atoms with E-state index >= 15 is 0 Å². The third-order valence-electron chi connectivity index (χ3n) is 2.05. The molecule has 0 amide bonds. The summed E-state index contributed by atoms with van der Waals surface area (Å²) in [4.78, 5) is 0. The van der Waals surface area contributed by atoms with Crippen LogP contribution in [0.1, 0.15) is 24.3 Å². The van der Waals surface area contributed by atoms with Crippen molar-refractivity contribution in [2.24, 2.45) is 0 Å². The van der Waals surface area contributed by atoms with Gasteiger partial charge in [-0.3, -0.25) is 0 Å². The van der Waals surface area contributed by atoms with E-state index in [-0.39, 0.29) is 5.75 Å². The van der Waals surface area contributed by atoms with Crippen molar-refractivity contribution in [2.45, 2.75) is 25.1 Å². The van der Waals surface area contributed by atoms with E-state index in [9.17, 15) is 13.2 Å². The van der Waals surface area contributed by atoms with Crippen molar-refractivity contribution in [1.29, 1.82) is 0 Å². The smallest absolute Gasteiger partial charge is 0.406 e. The number of hydrogen-bond acceptors (Lipinski definition) is 1. The maximum Gasteiger partial charge on any atom is 0.573 e. The van der Waals surface area contributed by atoms with Crippen molar-refractivity contribution in [3.05, 3.63) is 29.8 Å². The van der Waals surface area contributed by atoms with Gasteiger partial charge in [-0.1, -0.05) is 6.07 Å². The predicted octanol–water partition coefficient (Wildman–Crippen LogP) is 3.26. The van der Waals surface area contributed by atoms with Crippen molar-refractivity contribution in [3.63, 3.8) is 0 Å². The van der Waals surface area contributed by atoms with Gasteiger partial charge in [-0.25, -0.2) is 0 Å². The number of halogens is 3. The van der Waals surface area contributed by atoms with Crippen molar-refractivity contribution in [1.82, 2.24) is 0 Å².